The van der Waals surface area contributed by atoms with Crippen molar-refractivity contribution in [1.29, 1.82) is 0 Å². The molecule has 0 bridgehead atoms. The Morgan fingerprint density at radius 1 is 0.861 bits per heavy atom. The summed E-state index contributed by atoms with van der Waals surface area (Å²) >= 11 is 0. The van der Waals surface area contributed by atoms with Crippen LogP contribution < -0.4 is 10.6 Å². The fourth-order valence-electron chi connectivity index (χ4n) is 4.67. The number of carboxylic acids is 2. The quantitative estimate of drug-likeness (QED) is 0.380. The zero-order valence-corrected chi connectivity index (χ0v) is 19.5. The number of fused-ring (bicyclic) bond motifs is 1. The first-order chi connectivity index (χ1) is 17.3. The standard InChI is InChI=1S/C27H27N3O6/c31-24(18-12-19(26(33)34)14-20(13-18)27(35)36)30-23(11-16-5-2-1-3-6-16)25(32)29-21-8-9-22-17(15-21)7-4-10-28-22/h1-10,15,18-20,23H,11-14H2,(H,29,32)(H,30,31)(H,33,34)(H,35,36)/t18-,19+,20-,23-/m0/s1. The van der Waals surface area contributed by atoms with Gasteiger partial charge in [-0.15, -0.1) is 0 Å². The molecule has 1 aromatic heterocycles. The van der Waals surface area contributed by atoms with E-state index in [2.05, 4.69) is 15.6 Å². The van der Waals surface area contributed by atoms with Gasteiger partial charge in [-0.1, -0.05) is 36.4 Å². The molecule has 9 nitrogen and oxygen atoms in total. The maximum Gasteiger partial charge on any atom is 0.306 e. The zero-order valence-electron chi connectivity index (χ0n) is 19.5. The lowest BCUT2D eigenvalue weighted by atomic mass is 9.74. The first kappa shape index (κ1) is 24.8. The number of anilines is 1. The van der Waals surface area contributed by atoms with E-state index in [1.165, 1.54) is 0 Å². The molecule has 1 heterocycles. The minimum atomic E-state index is -1.12. The molecular formula is C27H27N3O6. The highest BCUT2D eigenvalue weighted by atomic mass is 16.4. The first-order valence-corrected chi connectivity index (χ1v) is 11.8. The van der Waals surface area contributed by atoms with Gasteiger partial charge < -0.3 is 20.8 Å². The van der Waals surface area contributed by atoms with Gasteiger partial charge >= 0.3 is 11.9 Å². The Balaban J connectivity index is 1.53. The van der Waals surface area contributed by atoms with Gasteiger partial charge in [-0.2, -0.15) is 0 Å². The zero-order chi connectivity index (χ0) is 25.7. The lowest BCUT2D eigenvalue weighted by Crippen LogP contribution is -2.49. The number of pyridine rings is 1. The number of nitrogens with one attached hydrogen (secondary N) is 2. The van der Waals surface area contributed by atoms with Crippen molar-refractivity contribution in [3.63, 3.8) is 0 Å². The van der Waals surface area contributed by atoms with Gasteiger partial charge in [-0.05, 0) is 49.1 Å². The molecule has 1 aliphatic carbocycles. The van der Waals surface area contributed by atoms with Gasteiger partial charge in [0.1, 0.15) is 6.04 Å². The second-order valence-electron chi connectivity index (χ2n) is 9.13. The first-order valence-electron chi connectivity index (χ1n) is 11.8. The van der Waals surface area contributed by atoms with Crippen LogP contribution in [0.5, 0.6) is 0 Å². The number of carbonyl (C=O) groups is 4. The summed E-state index contributed by atoms with van der Waals surface area (Å²) in [6.45, 7) is 0. The van der Waals surface area contributed by atoms with Gasteiger partial charge in [0.05, 0.1) is 17.4 Å². The van der Waals surface area contributed by atoms with Crippen molar-refractivity contribution in [3.05, 3.63) is 72.4 Å². The number of carbonyl (C=O) groups excluding carboxylic acids is 2. The normalized spacial score (nSPS) is 20.3. The highest BCUT2D eigenvalue weighted by Gasteiger charge is 2.40. The van der Waals surface area contributed by atoms with Crippen LogP contribution in [-0.4, -0.2) is 45.0 Å². The molecule has 4 N–H and O–H groups in total. The van der Waals surface area contributed by atoms with Crippen LogP contribution in [0.3, 0.4) is 0 Å². The van der Waals surface area contributed by atoms with E-state index in [1.807, 2.05) is 36.4 Å². The summed E-state index contributed by atoms with van der Waals surface area (Å²) in [6.07, 6.45) is 1.94. The lowest BCUT2D eigenvalue weighted by molar-refractivity contribution is -0.150. The summed E-state index contributed by atoms with van der Waals surface area (Å²) < 4.78 is 0. The van der Waals surface area contributed by atoms with Gasteiger partial charge in [0, 0.05) is 29.6 Å². The van der Waals surface area contributed by atoms with Crippen LogP contribution in [0.4, 0.5) is 5.69 Å². The number of hydrogen-bond acceptors (Lipinski definition) is 5. The average Bonchev–Trinajstić information content (AvgIpc) is 2.88. The van der Waals surface area contributed by atoms with Gasteiger partial charge in [0.2, 0.25) is 11.8 Å². The van der Waals surface area contributed by atoms with Crippen LogP contribution in [-0.2, 0) is 25.6 Å². The fourth-order valence-corrected chi connectivity index (χ4v) is 4.67. The van der Waals surface area contributed by atoms with Gasteiger partial charge in [-0.3, -0.25) is 24.2 Å². The van der Waals surface area contributed by atoms with Crippen LogP contribution in [0.25, 0.3) is 10.9 Å². The van der Waals surface area contributed by atoms with Crippen LogP contribution in [0.2, 0.25) is 0 Å². The third kappa shape index (κ3) is 6.04. The molecule has 4 atom stereocenters. The predicted octanol–water partition coefficient (Wildman–Crippen LogP) is 3.10. The summed E-state index contributed by atoms with van der Waals surface area (Å²) in [4.78, 5) is 53.9. The minimum Gasteiger partial charge on any atom is -0.481 e. The number of aliphatic carboxylic acids is 2. The van der Waals surface area contributed by atoms with E-state index in [0.717, 1.165) is 16.5 Å². The molecule has 1 saturated carbocycles. The van der Waals surface area contributed by atoms with Crippen molar-refractivity contribution in [2.24, 2.45) is 17.8 Å². The largest absolute Gasteiger partial charge is 0.481 e. The third-order valence-electron chi connectivity index (χ3n) is 6.56. The Morgan fingerprint density at radius 2 is 1.53 bits per heavy atom. The molecule has 186 valence electrons. The predicted molar refractivity (Wildman–Crippen MR) is 132 cm³/mol. The van der Waals surface area contributed by atoms with E-state index >= 15 is 0 Å². The molecule has 9 heteroatoms. The molecule has 36 heavy (non-hydrogen) atoms. The highest BCUT2D eigenvalue weighted by molar-refractivity contribution is 5.99. The number of carboxylic acid groups (broad SMARTS) is 2. The smallest absolute Gasteiger partial charge is 0.306 e. The summed E-state index contributed by atoms with van der Waals surface area (Å²) in [6, 6.07) is 17.2. The Labute approximate surface area is 207 Å². The third-order valence-corrected chi connectivity index (χ3v) is 6.56. The number of benzene rings is 2. The number of nitrogens with zero attached hydrogens (tertiary/aromatic N) is 1. The van der Waals surface area contributed by atoms with Crippen LogP contribution in [0.1, 0.15) is 24.8 Å². The Hall–Kier alpha value is -4.27. The van der Waals surface area contributed by atoms with Crippen molar-refractivity contribution < 1.29 is 29.4 Å². The van der Waals surface area contributed by atoms with Crippen molar-refractivity contribution in [2.75, 3.05) is 5.32 Å². The maximum absolute atomic E-state index is 13.3. The molecule has 0 spiro atoms. The second kappa shape index (κ2) is 11.0. The number of aromatic nitrogens is 1. The van der Waals surface area contributed by atoms with Crippen LogP contribution >= 0.6 is 0 Å². The lowest BCUT2D eigenvalue weighted by Gasteiger charge is -2.31. The molecule has 0 aliphatic heterocycles. The molecule has 2 aromatic carbocycles. The fraction of sp³-hybridized carbons (Fsp3) is 0.296. The van der Waals surface area contributed by atoms with E-state index in [4.69, 9.17) is 0 Å². The summed E-state index contributed by atoms with van der Waals surface area (Å²) in [5.41, 5.74) is 2.15. The molecular weight excluding hydrogens is 462 g/mol. The average molecular weight is 490 g/mol. The van der Waals surface area contributed by atoms with Crippen LogP contribution in [0.15, 0.2) is 66.9 Å². The molecule has 1 aliphatic rings. The van der Waals surface area contributed by atoms with Gasteiger partial charge in [0.15, 0.2) is 0 Å². The monoisotopic (exact) mass is 489 g/mol. The number of rotatable bonds is 8. The Morgan fingerprint density at radius 3 is 2.19 bits per heavy atom. The number of amides is 2. The molecule has 0 unspecified atom stereocenters. The van der Waals surface area contributed by atoms with Crippen molar-refractivity contribution in [2.45, 2.75) is 31.7 Å². The maximum atomic E-state index is 13.3. The Kier molecular flexibility index (Phi) is 7.58. The number of hydrogen-bond donors (Lipinski definition) is 4. The molecule has 2 amide bonds. The van der Waals surface area contributed by atoms with Crippen molar-refractivity contribution in [3.8, 4) is 0 Å². The van der Waals surface area contributed by atoms with E-state index in [1.54, 1.807) is 30.5 Å². The van der Waals surface area contributed by atoms with Gasteiger partial charge in [-0.25, -0.2) is 0 Å². The summed E-state index contributed by atoms with van der Waals surface area (Å²) in [5, 5.41) is 25.4. The van der Waals surface area contributed by atoms with E-state index in [0.29, 0.717) is 5.69 Å². The van der Waals surface area contributed by atoms with E-state index in [-0.39, 0.29) is 25.7 Å². The molecule has 4 rings (SSSR count). The van der Waals surface area contributed by atoms with Crippen molar-refractivity contribution >= 4 is 40.3 Å². The topological polar surface area (TPSA) is 146 Å². The minimum absolute atomic E-state index is 0.0147. The second-order valence-corrected chi connectivity index (χ2v) is 9.13. The van der Waals surface area contributed by atoms with Crippen LogP contribution in [0, 0.1) is 17.8 Å². The molecule has 0 radical (unpaired) electrons. The summed E-state index contributed by atoms with van der Waals surface area (Å²) in [7, 11) is 0. The molecule has 3 aromatic rings. The molecule has 1 fully saturated rings. The SMILES string of the molecule is O=C(O)[C@@H]1C[C@H](C(=O)O)C[C@H](C(=O)N[C@@H](Cc2ccccc2)C(=O)Nc2ccc3ncccc3c2)C1. The van der Waals surface area contributed by atoms with E-state index < -0.39 is 47.5 Å². The van der Waals surface area contributed by atoms with E-state index in [9.17, 15) is 29.4 Å². The van der Waals surface area contributed by atoms with Crippen molar-refractivity contribution in [1.82, 2.24) is 10.3 Å². The highest BCUT2D eigenvalue weighted by Crippen LogP contribution is 2.34. The molecule has 0 saturated heterocycles. The Bertz CT molecular complexity index is 1260. The summed E-state index contributed by atoms with van der Waals surface area (Å²) in [5.74, 6) is -5.88. The van der Waals surface area contributed by atoms with Gasteiger partial charge in [0.25, 0.3) is 0 Å².